The summed E-state index contributed by atoms with van der Waals surface area (Å²) in [5.74, 6) is 1.73. The Balaban J connectivity index is 2.43. The molecule has 1 aliphatic carbocycles. The minimum absolute atomic E-state index is 0.0756. The number of rotatable bonds is 4. The van der Waals surface area contributed by atoms with Gasteiger partial charge in [-0.25, -0.2) is 0 Å². The molecule has 1 N–H and O–H groups in total. The van der Waals surface area contributed by atoms with Crippen LogP contribution in [0.4, 0.5) is 0 Å². The molecule has 0 heterocycles. The Morgan fingerprint density at radius 2 is 2.07 bits per heavy atom. The van der Waals surface area contributed by atoms with Gasteiger partial charge in [0.05, 0.1) is 6.10 Å². The summed E-state index contributed by atoms with van der Waals surface area (Å²) in [6, 6.07) is 0. The summed E-state index contributed by atoms with van der Waals surface area (Å²) in [7, 11) is 0. The van der Waals surface area contributed by atoms with E-state index >= 15 is 0 Å². The first-order valence-corrected chi connectivity index (χ1v) is 6.66. The van der Waals surface area contributed by atoms with E-state index in [1.807, 2.05) is 0 Å². The number of aliphatic hydroxyl groups is 1. The van der Waals surface area contributed by atoms with Crippen LogP contribution >= 0.6 is 0 Å². The third-order valence-corrected chi connectivity index (χ3v) is 4.67. The summed E-state index contributed by atoms with van der Waals surface area (Å²) in [6.07, 6.45) is 7.13. The summed E-state index contributed by atoms with van der Waals surface area (Å²) in [6.45, 7) is 9.26. The molecule has 15 heavy (non-hydrogen) atoms. The van der Waals surface area contributed by atoms with E-state index in [0.29, 0.717) is 5.41 Å². The Labute approximate surface area is 95.3 Å². The third-order valence-electron chi connectivity index (χ3n) is 4.67. The van der Waals surface area contributed by atoms with E-state index in [4.69, 9.17) is 0 Å². The first-order chi connectivity index (χ1) is 6.98. The van der Waals surface area contributed by atoms with Crippen molar-refractivity contribution in [2.75, 3.05) is 0 Å². The molecule has 1 heteroatoms. The van der Waals surface area contributed by atoms with Crippen molar-refractivity contribution in [2.24, 2.45) is 17.3 Å². The van der Waals surface area contributed by atoms with Crippen molar-refractivity contribution in [3.8, 4) is 0 Å². The van der Waals surface area contributed by atoms with E-state index in [0.717, 1.165) is 24.7 Å². The lowest BCUT2D eigenvalue weighted by atomic mass is 9.63. The van der Waals surface area contributed by atoms with Crippen LogP contribution in [-0.2, 0) is 0 Å². The van der Waals surface area contributed by atoms with Gasteiger partial charge in [0, 0.05) is 0 Å². The topological polar surface area (TPSA) is 20.2 Å². The van der Waals surface area contributed by atoms with Gasteiger partial charge >= 0.3 is 0 Å². The lowest BCUT2D eigenvalue weighted by Crippen LogP contribution is -2.32. The highest BCUT2D eigenvalue weighted by Gasteiger charge is 2.35. The summed E-state index contributed by atoms with van der Waals surface area (Å²) in [5.41, 5.74) is 0.489. The molecule has 0 radical (unpaired) electrons. The molecule has 4 atom stereocenters. The molecule has 1 saturated carbocycles. The molecule has 0 saturated heterocycles. The lowest BCUT2D eigenvalue weighted by Gasteiger charge is -2.42. The monoisotopic (exact) mass is 212 g/mol. The molecule has 0 aliphatic heterocycles. The molecule has 1 nitrogen and oxygen atoms in total. The van der Waals surface area contributed by atoms with Crippen LogP contribution in [0.25, 0.3) is 0 Å². The van der Waals surface area contributed by atoms with Crippen LogP contribution in [0.1, 0.15) is 66.2 Å². The average molecular weight is 212 g/mol. The number of hydrogen-bond donors (Lipinski definition) is 1. The van der Waals surface area contributed by atoms with Crippen molar-refractivity contribution in [1.29, 1.82) is 0 Å². The van der Waals surface area contributed by atoms with Crippen LogP contribution in [-0.4, -0.2) is 11.2 Å². The molecule has 1 rings (SSSR count). The highest BCUT2D eigenvalue weighted by molar-refractivity contribution is 4.86. The normalized spacial score (nSPS) is 39.0. The fourth-order valence-electron chi connectivity index (χ4n) is 2.90. The standard InChI is InChI=1S/C14H28O/c1-5-13(15)7-9-14(4)8-6-11(2)10-12(14)3/h11-13,15H,5-10H2,1-4H3/t11-,12-,13-,14-/m0/s1. The summed E-state index contributed by atoms with van der Waals surface area (Å²) in [5, 5.41) is 9.64. The molecule has 0 aromatic heterocycles. The minimum atomic E-state index is -0.0756. The fourth-order valence-corrected chi connectivity index (χ4v) is 2.90. The highest BCUT2D eigenvalue weighted by Crippen LogP contribution is 2.46. The van der Waals surface area contributed by atoms with Gasteiger partial charge in [-0.2, -0.15) is 0 Å². The van der Waals surface area contributed by atoms with Crippen molar-refractivity contribution in [3.63, 3.8) is 0 Å². The Hall–Kier alpha value is -0.0400. The average Bonchev–Trinajstić information content (AvgIpc) is 2.21. The van der Waals surface area contributed by atoms with Crippen LogP contribution in [0.15, 0.2) is 0 Å². The second-order valence-corrected chi connectivity index (χ2v) is 6.04. The van der Waals surface area contributed by atoms with Gasteiger partial charge in [-0.15, -0.1) is 0 Å². The maximum Gasteiger partial charge on any atom is 0.0537 e. The smallest absolute Gasteiger partial charge is 0.0537 e. The molecule has 0 unspecified atom stereocenters. The van der Waals surface area contributed by atoms with E-state index in [1.165, 1.54) is 25.7 Å². The number of aliphatic hydroxyl groups excluding tert-OH is 1. The summed E-state index contributed by atoms with van der Waals surface area (Å²) < 4.78 is 0. The zero-order valence-corrected chi connectivity index (χ0v) is 10.9. The SMILES string of the molecule is CC[C@H](O)CC[C@]1(C)CC[C@H](C)C[C@@H]1C. The second kappa shape index (κ2) is 5.34. The number of hydrogen-bond acceptors (Lipinski definition) is 1. The van der Waals surface area contributed by atoms with Crippen molar-refractivity contribution in [3.05, 3.63) is 0 Å². The van der Waals surface area contributed by atoms with Crippen LogP contribution in [0, 0.1) is 17.3 Å². The van der Waals surface area contributed by atoms with E-state index in [1.54, 1.807) is 0 Å². The fraction of sp³-hybridized carbons (Fsp3) is 1.00. The van der Waals surface area contributed by atoms with Crippen LogP contribution in [0.5, 0.6) is 0 Å². The van der Waals surface area contributed by atoms with Crippen molar-refractivity contribution >= 4 is 0 Å². The molecule has 0 aromatic carbocycles. The largest absolute Gasteiger partial charge is 0.393 e. The van der Waals surface area contributed by atoms with E-state index in [-0.39, 0.29) is 6.10 Å². The Morgan fingerprint density at radius 3 is 2.60 bits per heavy atom. The van der Waals surface area contributed by atoms with Gasteiger partial charge in [-0.3, -0.25) is 0 Å². The highest BCUT2D eigenvalue weighted by atomic mass is 16.3. The molecule has 1 fully saturated rings. The van der Waals surface area contributed by atoms with E-state index < -0.39 is 0 Å². The van der Waals surface area contributed by atoms with Gasteiger partial charge in [0.25, 0.3) is 0 Å². The third kappa shape index (κ3) is 3.48. The predicted molar refractivity (Wildman–Crippen MR) is 65.8 cm³/mol. The first-order valence-electron chi connectivity index (χ1n) is 6.66. The molecule has 90 valence electrons. The Kier molecular flexibility index (Phi) is 4.64. The minimum Gasteiger partial charge on any atom is -0.393 e. The summed E-state index contributed by atoms with van der Waals surface area (Å²) >= 11 is 0. The maximum atomic E-state index is 9.64. The quantitative estimate of drug-likeness (QED) is 0.747. The molecule has 0 bridgehead atoms. The van der Waals surface area contributed by atoms with Gasteiger partial charge in [-0.1, -0.05) is 34.1 Å². The van der Waals surface area contributed by atoms with Gasteiger partial charge in [-0.05, 0) is 49.4 Å². The van der Waals surface area contributed by atoms with Crippen LogP contribution in [0.2, 0.25) is 0 Å². The Morgan fingerprint density at radius 1 is 1.40 bits per heavy atom. The van der Waals surface area contributed by atoms with Crippen LogP contribution in [0.3, 0.4) is 0 Å². The van der Waals surface area contributed by atoms with Gasteiger partial charge in [0.2, 0.25) is 0 Å². The lowest BCUT2D eigenvalue weighted by molar-refractivity contribution is 0.0621. The van der Waals surface area contributed by atoms with E-state index in [2.05, 4.69) is 27.7 Å². The Bertz CT molecular complexity index is 190. The van der Waals surface area contributed by atoms with Crippen molar-refractivity contribution in [2.45, 2.75) is 72.3 Å². The maximum absolute atomic E-state index is 9.64. The zero-order chi connectivity index (χ0) is 11.5. The predicted octanol–water partition coefficient (Wildman–Crippen LogP) is 4.00. The summed E-state index contributed by atoms with van der Waals surface area (Å²) in [4.78, 5) is 0. The van der Waals surface area contributed by atoms with Crippen LogP contribution < -0.4 is 0 Å². The van der Waals surface area contributed by atoms with Gasteiger partial charge < -0.3 is 5.11 Å². The van der Waals surface area contributed by atoms with Gasteiger partial charge in [0.15, 0.2) is 0 Å². The molecule has 0 aromatic rings. The van der Waals surface area contributed by atoms with E-state index in [9.17, 15) is 5.11 Å². The second-order valence-electron chi connectivity index (χ2n) is 6.04. The zero-order valence-electron chi connectivity index (χ0n) is 10.9. The van der Waals surface area contributed by atoms with Gasteiger partial charge in [0.1, 0.15) is 0 Å². The van der Waals surface area contributed by atoms with Crippen molar-refractivity contribution < 1.29 is 5.11 Å². The molecule has 0 spiro atoms. The molecule has 1 aliphatic rings. The van der Waals surface area contributed by atoms with Crippen molar-refractivity contribution in [1.82, 2.24) is 0 Å². The molecular weight excluding hydrogens is 184 g/mol. The first kappa shape index (κ1) is 13.0. The molecule has 0 amide bonds. The molecular formula is C14H28O.